The first-order valence-corrected chi connectivity index (χ1v) is 8.87. The minimum Gasteiger partial charge on any atom is -0.382 e. The summed E-state index contributed by atoms with van der Waals surface area (Å²) < 4.78 is 25.3. The second kappa shape index (κ2) is 7.69. The van der Waals surface area contributed by atoms with Gasteiger partial charge in [-0.3, -0.25) is 4.90 Å². The third-order valence-electron chi connectivity index (χ3n) is 4.48. The van der Waals surface area contributed by atoms with Crippen LogP contribution in [0, 0.1) is 5.82 Å². The Morgan fingerprint density at radius 1 is 1.48 bits per heavy atom. The average Bonchev–Trinajstić information content (AvgIpc) is 3.01. The van der Waals surface area contributed by atoms with Crippen LogP contribution in [0.1, 0.15) is 13.8 Å². The largest absolute Gasteiger partial charge is 0.382 e. The Kier molecular flexibility index (Phi) is 5.52. The van der Waals surface area contributed by atoms with Gasteiger partial charge in [0, 0.05) is 25.9 Å². The van der Waals surface area contributed by atoms with Gasteiger partial charge >= 0.3 is 12.1 Å². The second-order valence-corrected chi connectivity index (χ2v) is 7.31. The van der Waals surface area contributed by atoms with Crippen molar-refractivity contribution in [3.8, 4) is 0 Å². The zero-order chi connectivity index (χ0) is 19.6. The molecular weight excluding hydrogens is 355 g/mol. The molecule has 2 aliphatic heterocycles. The fraction of sp³-hybridized carbons (Fsp3) is 0.556. The number of carbonyl (C=O) groups is 2. The molecule has 4 amide bonds. The van der Waals surface area contributed by atoms with E-state index in [2.05, 4.69) is 10.6 Å². The molecule has 9 heteroatoms. The van der Waals surface area contributed by atoms with Crippen molar-refractivity contribution in [2.75, 3.05) is 50.1 Å². The van der Waals surface area contributed by atoms with Crippen molar-refractivity contribution in [1.82, 2.24) is 10.2 Å². The predicted octanol–water partition coefficient (Wildman–Crippen LogP) is 2.01. The number of benzene rings is 1. The van der Waals surface area contributed by atoms with Crippen molar-refractivity contribution < 1.29 is 23.5 Å². The monoisotopic (exact) mass is 380 g/mol. The summed E-state index contributed by atoms with van der Waals surface area (Å²) in [5.74, 6) is -0.562. The topological polar surface area (TPSA) is 83.1 Å². The third-order valence-corrected chi connectivity index (χ3v) is 4.48. The number of hydrogen-bond donors (Lipinski definition) is 2. The normalized spacial score (nSPS) is 21.9. The molecule has 0 spiro atoms. The number of rotatable bonds is 4. The van der Waals surface area contributed by atoms with Gasteiger partial charge in [0.25, 0.3) is 0 Å². The summed E-state index contributed by atoms with van der Waals surface area (Å²) in [5, 5.41) is 5.31. The lowest BCUT2D eigenvalue weighted by molar-refractivity contribution is -0.141. The van der Waals surface area contributed by atoms with E-state index in [-0.39, 0.29) is 17.8 Å². The molecule has 1 unspecified atom stereocenters. The van der Waals surface area contributed by atoms with Crippen LogP contribution in [0.5, 0.6) is 0 Å². The van der Waals surface area contributed by atoms with Crippen molar-refractivity contribution in [1.29, 1.82) is 0 Å². The van der Waals surface area contributed by atoms with Gasteiger partial charge in [0.2, 0.25) is 0 Å². The second-order valence-electron chi connectivity index (χ2n) is 7.31. The van der Waals surface area contributed by atoms with Crippen LogP contribution in [0.25, 0.3) is 0 Å². The van der Waals surface area contributed by atoms with Crippen molar-refractivity contribution in [3.05, 3.63) is 24.0 Å². The van der Waals surface area contributed by atoms with E-state index >= 15 is 0 Å². The van der Waals surface area contributed by atoms with E-state index in [1.807, 2.05) is 13.8 Å². The van der Waals surface area contributed by atoms with Crippen LogP contribution >= 0.6 is 0 Å². The smallest absolute Gasteiger partial charge is 0.322 e. The first-order chi connectivity index (χ1) is 12.8. The highest BCUT2D eigenvalue weighted by Crippen LogP contribution is 2.26. The molecular formula is C18H25FN4O4. The highest BCUT2D eigenvalue weighted by molar-refractivity contribution is 5.96. The maximum Gasteiger partial charge on any atom is 0.322 e. The molecule has 2 fully saturated rings. The highest BCUT2D eigenvalue weighted by Gasteiger charge is 2.36. The molecule has 0 radical (unpaired) electrons. The Morgan fingerprint density at radius 2 is 2.26 bits per heavy atom. The molecule has 2 heterocycles. The van der Waals surface area contributed by atoms with Crippen molar-refractivity contribution in [2.45, 2.75) is 25.6 Å². The quantitative estimate of drug-likeness (QED) is 0.837. The van der Waals surface area contributed by atoms with Gasteiger partial charge in [-0.25, -0.2) is 14.0 Å². The van der Waals surface area contributed by atoms with Gasteiger partial charge < -0.3 is 25.0 Å². The first-order valence-electron chi connectivity index (χ1n) is 8.87. The Labute approximate surface area is 157 Å². The minimum atomic E-state index is -0.562. The molecule has 2 aliphatic rings. The van der Waals surface area contributed by atoms with Crippen LogP contribution in [0.2, 0.25) is 0 Å². The van der Waals surface area contributed by atoms with Crippen molar-refractivity contribution >= 4 is 23.4 Å². The van der Waals surface area contributed by atoms with Gasteiger partial charge in [0.15, 0.2) is 0 Å². The number of amides is 4. The summed E-state index contributed by atoms with van der Waals surface area (Å²) in [6.45, 7) is 5.88. The molecule has 0 bridgehead atoms. The summed E-state index contributed by atoms with van der Waals surface area (Å²) in [5.41, 5.74) is 0.0263. The van der Waals surface area contributed by atoms with E-state index in [0.29, 0.717) is 38.5 Å². The molecule has 0 aromatic heterocycles. The number of carbonyl (C=O) groups excluding carboxylic acids is 2. The van der Waals surface area contributed by atoms with E-state index < -0.39 is 17.4 Å². The van der Waals surface area contributed by atoms with Gasteiger partial charge in [-0.2, -0.15) is 0 Å². The van der Waals surface area contributed by atoms with Gasteiger partial charge in [0.05, 0.1) is 37.1 Å². The van der Waals surface area contributed by atoms with E-state index in [1.165, 1.54) is 23.1 Å². The van der Waals surface area contributed by atoms with Crippen LogP contribution < -0.4 is 15.5 Å². The number of halogens is 1. The maximum absolute atomic E-state index is 14.2. The zero-order valence-corrected chi connectivity index (χ0v) is 15.8. The molecule has 148 valence electrons. The van der Waals surface area contributed by atoms with Crippen LogP contribution in [0.15, 0.2) is 18.2 Å². The van der Waals surface area contributed by atoms with Gasteiger partial charge in [-0.05, 0) is 32.0 Å². The van der Waals surface area contributed by atoms with Gasteiger partial charge in [-0.15, -0.1) is 0 Å². The Balaban J connectivity index is 1.74. The summed E-state index contributed by atoms with van der Waals surface area (Å²) in [7, 11) is 1.57. The minimum absolute atomic E-state index is 0.0322. The van der Waals surface area contributed by atoms with E-state index in [4.69, 9.17) is 9.47 Å². The van der Waals surface area contributed by atoms with Gasteiger partial charge in [-0.1, -0.05) is 0 Å². The highest BCUT2D eigenvalue weighted by atomic mass is 19.1. The molecule has 8 nitrogen and oxygen atoms in total. The van der Waals surface area contributed by atoms with Crippen molar-refractivity contribution in [2.24, 2.45) is 0 Å². The maximum atomic E-state index is 14.2. The summed E-state index contributed by atoms with van der Waals surface area (Å²) in [6.07, 6.45) is -0.256. The fourth-order valence-corrected chi connectivity index (χ4v) is 3.41. The Morgan fingerprint density at radius 3 is 2.93 bits per heavy atom. The molecule has 1 aromatic rings. The molecule has 2 N–H and O–H groups in total. The lowest BCUT2D eigenvalue weighted by Crippen LogP contribution is -2.56. The summed E-state index contributed by atoms with van der Waals surface area (Å²) >= 11 is 0. The fourth-order valence-electron chi connectivity index (χ4n) is 3.41. The van der Waals surface area contributed by atoms with Gasteiger partial charge in [0.1, 0.15) is 5.82 Å². The molecule has 1 aromatic carbocycles. The lowest BCUT2D eigenvalue weighted by atomic mass is 10.1. The first kappa shape index (κ1) is 19.4. The third kappa shape index (κ3) is 4.48. The standard InChI is InChI=1S/C18H25FN4O4/c1-18(2)11-22(9-13(27-18)10-26-3)17(25)21-15-8-12(4-5-14(15)19)23-7-6-20-16(23)24/h4-5,8,13H,6-7,9-11H2,1-3H3,(H,20,24)(H,21,25). The van der Waals surface area contributed by atoms with Crippen LogP contribution in [-0.2, 0) is 9.47 Å². The van der Waals surface area contributed by atoms with Crippen LogP contribution in [-0.4, -0.2) is 68.6 Å². The molecule has 3 rings (SSSR count). The van der Waals surface area contributed by atoms with E-state index in [9.17, 15) is 14.0 Å². The SMILES string of the molecule is COCC1CN(C(=O)Nc2cc(N3CCNC3=O)ccc2F)CC(C)(C)O1. The molecule has 0 aliphatic carbocycles. The predicted molar refractivity (Wildman–Crippen MR) is 98.6 cm³/mol. The summed E-state index contributed by atoms with van der Waals surface area (Å²) in [4.78, 5) is 27.6. The summed E-state index contributed by atoms with van der Waals surface area (Å²) in [6, 6.07) is 3.57. The molecule has 0 saturated carbocycles. The number of ether oxygens (including phenoxy) is 2. The molecule has 27 heavy (non-hydrogen) atoms. The van der Waals surface area contributed by atoms with Crippen LogP contribution in [0.4, 0.5) is 25.4 Å². The zero-order valence-electron chi connectivity index (χ0n) is 15.8. The number of morpholine rings is 1. The molecule has 1 atom stereocenters. The lowest BCUT2D eigenvalue weighted by Gasteiger charge is -2.42. The number of urea groups is 2. The number of nitrogens with one attached hydrogen (secondary N) is 2. The Hall–Kier alpha value is -2.39. The van der Waals surface area contributed by atoms with E-state index in [0.717, 1.165) is 0 Å². The number of anilines is 2. The number of hydrogen-bond acceptors (Lipinski definition) is 4. The number of nitrogens with zero attached hydrogens (tertiary/aromatic N) is 2. The van der Waals surface area contributed by atoms with E-state index in [1.54, 1.807) is 12.0 Å². The Bertz CT molecular complexity index is 727. The average molecular weight is 380 g/mol. The van der Waals surface area contributed by atoms with Crippen LogP contribution in [0.3, 0.4) is 0 Å². The van der Waals surface area contributed by atoms with Crippen molar-refractivity contribution in [3.63, 3.8) is 0 Å². The number of methoxy groups -OCH3 is 1. The molecule has 2 saturated heterocycles.